The van der Waals surface area contributed by atoms with Crippen LogP contribution in [0, 0.1) is 0 Å². The third-order valence-corrected chi connectivity index (χ3v) is 8.43. The lowest BCUT2D eigenvalue weighted by Gasteiger charge is -2.09. The first-order valence-electron chi connectivity index (χ1n) is 10.9. The molecule has 1 N–H and O–H groups in total. The van der Waals surface area contributed by atoms with Crippen molar-refractivity contribution >= 4 is 53.2 Å². The van der Waals surface area contributed by atoms with Crippen LogP contribution in [0.3, 0.4) is 0 Å². The van der Waals surface area contributed by atoms with Crippen molar-refractivity contribution in [1.82, 2.24) is 4.98 Å². The number of esters is 1. The maximum absolute atomic E-state index is 12.2. The van der Waals surface area contributed by atoms with Crippen LogP contribution >= 0.6 is 11.3 Å². The number of benzene rings is 3. The molecule has 0 atom stereocenters. The molecule has 0 saturated heterocycles. The largest absolute Gasteiger partial charge is 0.466 e. The van der Waals surface area contributed by atoms with Crippen LogP contribution in [0.4, 0.5) is 5.69 Å². The van der Waals surface area contributed by atoms with Crippen LogP contribution in [0.1, 0.15) is 5.56 Å². The highest BCUT2D eigenvalue weighted by Gasteiger charge is 2.18. The molecule has 0 bridgehead atoms. The van der Waals surface area contributed by atoms with Crippen molar-refractivity contribution in [2.24, 2.45) is 4.99 Å². The first-order valence-corrected chi connectivity index (χ1v) is 15.0. The van der Waals surface area contributed by atoms with E-state index in [-0.39, 0.29) is 29.4 Å². The van der Waals surface area contributed by atoms with Crippen LogP contribution < -0.4 is 5.36 Å². The molecule has 0 radical (unpaired) electrons. The first kappa shape index (κ1) is 27.5. The van der Waals surface area contributed by atoms with E-state index in [2.05, 4.69) is 21.3 Å². The highest BCUT2D eigenvalue weighted by molar-refractivity contribution is 7.91. The van der Waals surface area contributed by atoms with E-state index in [0.29, 0.717) is 11.1 Å². The molecule has 0 spiro atoms. The number of rotatable bonds is 8. The molecule has 1 aliphatic heterocycles. The summed E-state index contributed by atoms with van der Waals surface area (Å²) in [5.74, 6) is -0.525. The quantitative estimate of drug-likeness (QED) is 0.144. The molecule has 13 heteroatoms. The van der Waals surface area contributed by atoms with E-state index in [1.165, 1.54) is 18.4 Å². The van der Waals surface area contributed by atoms with Crippen molar-refractivity contribution in [3.8, 4) is 10.6 Å². The molecule has 198 valence electrons. The van der Waals surface area contributed by atoms with Crippen LogP contribution in [-0.4, -0.2) is 52.3 Å². The lowest BCUT2D eigenvalue weighted by molar-refractivity contribution is -0.136. The van der Waals surface area contributed by atoms with Crippen molar-refractivity contribution in [1.29, 1.82) is 0 Å². The van der Waals surface area contributed by atoms with Crippen molar-refractivity contribution in [2.75, 3.05) is 20.0 Å². The van der Waals surface area contributed by atoms with E-state index >= 15 is 0 Å². The fraction of sp³-hybridized carbons (Fsp3) is 0.160. The van der Waals surface area contributed by atoms with Crippen LogP contribution in [0.5, 0.6) is 0 Å². The number of fused-ring (bicyclic) bond motifs is 2. The van der Waals surface area contributed by atoms with Crippen molar-refractivity contribution < 1.29 is 35.7 Å². The fourth-order valence-corrected chi connectivity index (χ4v) is 5.79. The average Bonchev–Trinajstić information content (AvgIpc) is 2.85. The molecule has 1 aliphatic carbocycles. The molecule has 4 rings (SSSR count). The lowest BCUT2D eigenvalue weighted by Crippen LogP contribution is -2.09. The Balaban J connectivity index is 1.69. The van der Waals surface area contributed by atoms with E-state index in [1.807, 2.05) is 18.2 Å². The molecular formula is C25H22N2O8S3. The molecule has 0 saturated carbocycles. The Morgan fingerprint density at radius 3 is 2.53 bits per heavy atom. The average molecular weight is 575 g/mol. The molecule has 2 aliphatic rings. The Bertz CT molecular complexity index is 1830. The summed E-state index contributed by atoms with van der Waals surface area (Å²) in [7, 11) is -7.00. The molecule has 1 heterocycles. The topological polar surface area (TPSA) is 149 Å². The van der Waals surface area contributed by atoms with Gasteiger partial charge in [-0.15, -0.1) is 11.3 Å². The van der Waals surface area contributed by atoms with Crippen LogP contribution in [-0.2, 0) is 40.8 Å². The van der Waals surface area contributed by atoms with Crippen LogP contribution in [0.2, 0.25) is 0 Å². The Morgan fingerprint density at radius 1 is 1.08 bits per heavy atom. The Kier molecular flexibility index (Phi) is 7.76. The molecule has 0 fully saturated rings. The second-order valence-electron chi connectivity index (χ2n) is 8.24. The highest BCUT2D eigenvalue weighted by Crippen LogP contribution is 2.31. The molecule has 2 aromatic rings. The summed E-state index contributed by atoms with van der Waals surface area (Å²) in [5.41, 5.74) is 2.37. The van der Waals surface area contributed by atoms with Gasteiger partial charge in [0.2, 0.25) is 0 Å². The van der Waals surface area contributed by atoms with Gasteiger partial charge < -0.3 is 9.47 Å². The van der Waals surface area contributed by atoms with E-state index in [0.717, 1.165) is 45.1 Å². The maximum Gasteiger partial charge on any atom is 0.335 e. The summed E-state index contributed by atoms with van der Waals surface area (Å²) in [6, 6.07) is 13.8. The van der Waals surface area contributed by atoms with Gasteiger partial charge in [0, 0.05) is 6.26 Å². The van der Waals surface area contributed by atoms with Gasteiger partial charge in [-0.2, -0.15) is 8.42 Å². The number of hydrogen-bond acceptors (Lipinski definition) is 10. The monoisotopic (exact) mass is 574 g/mol. The lowest BCUT2D eigenvalue weighted by atomic mass is 10.2. The minimum absolute atomic E-state index is 0.0406. The summed E-state index contributed by atoms with van der Waals surface area (Å²) >= 11 is 1.44. The molecule has 2 aromatic carbocycles. The van der Waals surface area contributed by atoms with Gasteiger partial charge in [-0.05, 0) is 54.1 Å². The van der Waals surface area contributed by atoms with Crippen molar-refractivity contribution in [3.05, 3.63) is 77.7 Å². The normalized spacial score (nSPS) is 12.7. The van der Waals surface area contributed by atoms with E-state index in [9.17, 15) is 26.2 Å². The highest BCUT2D eigenvalue weighted by atomic mass is 32.2. The van der Waals surface area contributed by atoms with Crippen molar-refractivity contribution in [2.45, 2.75) is 16.4 Å². The number of aromatic nitrogens is 1. The summed E-state index contributed by atoms with van der Waals surface area (Å²) in [6.07, 6.45) is 0.988. The number of ether oxygens (including phenoxy) is 2. The number of carbonyl (C=O) groups is 1. The molecule has 10 nitrogen and oxygen atoms in total. The Hall–Kier alpha value is -3.49. The van der Waals surface area contributed by atoms with Gasteiger partial charge in [-0.3, -0.25) is 4.55 Å². The summed E-state index contributed by atoms with van der Waals surface area (Å²) < 4.78 is 68.0. The van der Waals surface area contributed by atoms with Gasteiger partial charge in [-0.25, -0.2) is 23.2 Å². The molecule has 0 aromatic heterocycles. The summed E-state index contributed by atoms with van der Waals surface area (Å²) in [5, 5.41) is 0.378. The fourth-order valence-electron chi connectivity index (χ4n) is 3.51. The Labute approximate surface area is 222 Å². The molecule has 0 unspecified atom stereocenters. The SMILES string of the molecule is C=C(COCc1ccc2sc3cc(=Nc4cc(S(=O)(=O)O)ccc4S(C)(=O)=O)ccc-3nc2c1)C(=O)OC. The number of carbonyl (C=O) groups excluding carboxylic acids is 1. The zero-order valence-electron chi connectivity index (χ0n) is 20.2. The first-order chi connectivity index (χ1) is 17.8. The van der Waals surface area contributed by atoms with Crippen molar-refractivity contribution in [3.63, 3.8) is 0 Å². The van der Waals surface area contributed by atoms with Gasteiger partial charge in [0.1, 0.15) is 0 Å². The number of sulfone groups is 1. The zero-order valence-corrected chi connectivity index (χ0v) is 22.7. The van der Waals surface area contributed by atoms with Crippen LogP contribution in [0.15, 0.2) is 81.5 Å². The van der Waals surface area contributed by atoms with Crippen LogP contribution in [0.25, 0.3) is 20.8 Å². The second kappa shape index (κ2) is 10.7. The van der Waals surface area contributed by atoms with E-state index < -0.39 is 30.8 Å². The summed E-state index contributed by atoms with van der Waals surface area (Å²) in [4.78, 5) is 20.6. The molecule has 0 amide bonds. The minimum Gasteiger partial charge on any atom is -0.466 e. The second-order valence-corrected chi connectivity index (χ2v) is 12.7. The third kappa shape index (κ3) is 6.31. The third-order valence-electron chi connectivity index (χ3n) is 5.32. The number of nitrogens with zero attached hydrogens (tertiary/aromatic N) is 2. The van der Waals surface area contributed by atoms with E-state index in [1.54, 1.807) is 18.2 Å². The Morgan fingerprint density at radius 2 is 1.84 bits per heavy atom. The zero-order chi connectivity index (χ0) is 27.7. The van der Waals surface area contributed by atoms with Gasteiger partial charge in [-0.1, -0.05) is 12.6 Å². The van der Waals surface area contributed by atoms with Gasteiger partial charge in [0.05, 0.1) is 67.5 Å². The predicted molar refractivity (Wildman–Crippen MR) is 142 cm³/mol. The molecule has 38 heavy (non-hydrogen) atoms. The van der Waals surface area contributed by atoms with E-state index in [4.69, 9.17) is 4.74 Å². The van der Waals surface area contributed by atoms with Gasteiger partial charge in [0.15, 0.2) is 9.84 Å². The summed E-state index contributed by atoms with van der Waals surface area (Å²) in [6.45, 7) is 3.91. The van der Waals surface area contributed by atoms with Gasteiger partial charge in [0.25, 0.3) is 10.1 Å². The number of methoxy groups -OCH3 is 1. The molecular weight excluding hydrogens is 552 g/mol. The minimum atomic E-state index is -4.55. The standard InChI is InChI=1S/C25H22N2O8S3/c1-15(25(28)34-2)13-35-14-16-4-8-22-20(10-16)27-19-7-5-17(11-23(19)36-22)26-21-12-18(38(31,32)33)6-9-24(21)37(3,29)30/h4-12H,1,13-14H2,2-3H3,(H,31,32,33). The maximum atomic E-state index is 12.2. The number of hydrogen-bond donors (Lipinski definition) is 1. The predicted octanol–water partition coefficient (Wildman–Crippen LogP) is 3.53. The smallest absolute Gasteiger partial charge is 0.335 e. The van der Waals surface area contributed by atoms with Gasteiger partial charge >= 0.3 is 5.97 Å².